The van der Waals surface area contributed by atoms with Crippen molar-refractivity contribution in [3.05, 3.63) is 58.6 Å². The molecule has 0 radical (unpaired) electrons. The Morgan fingerprint density at radius 3 is 2.63 bits per heavy atom. The molecule has 0 spiro atoms. The third-order valence-electron chi connectivity index (χ3n) is 3.63. The molecule has 27 heavy (non-hydrogen) atoms. The molecule has 3 aromatic rings. The Balaban J connectivity index is 1.56. The number of ether oxygens (including phenoxy) is 1. The summed E-state index contributed by atoms with van der Waals surface area (Å²) >= 11 is 3.06. The molecule has 0 saturated carbocycles. The maximum atomic E-state index is 13.5. The zero-order valence-corrected chi connectivity index (χ0v) is 16.3. The van der Waals surface area contributed by atoms with Gasteiger partial charge in [0.2, 0.25) is 0 Å². The quantitative estimate of drug-likeness (QED) is 0.605. The summed E-state index contributed by atoms with van der Waals surface area (Å²) in [5.41, 5.74) is 1.12. The van der Waals surface area contributed by atoms with Gasteiger partial charge in [0.1, 0.15) is 11.6 Å². The standard InChI is InChI=1S/C19H17BrFN3O3/c1-11(2)18-23-19(27-24-18)12-3-6-14(7-4-12)26-10-17(25)22-13-5-8-15(20)16(21)9-13/h3-9,11H,10H2,1-2H3,(H,22,25). The molecule has 0 saturated heterocycles. The van der Waals surface area contributed by atoms with Crippen LogP contribution in [0.4, 0.5) is 10.1 Å². The van der Waals surface area contributed by atoms with E-state index in [1.54, 1.807) is 30.3 Å². The highest BCUT2D eigenvalue weighted by Crippen LogP contribution is 2.23. The van der Waals surface area contributed by atoms with Gasteiger partial charge in [-0.05, 0) is 58.4 Å². The van der Waals surface area contributed by atoms with Crippen LogP contribution in [0.1, 0.15) is 25.6 Å². The van der Waals surface area contributed by atoms with E-state index in [4.69, 9.17) is 9.26 Å². The molecular formula is C19H17BrFN3O3. The van der Waals surface area contributed by atoms with E-state index >= 15 is 0 Å². The van der Waals surface area contributed by atoms with Gasteiger partial charge in [-0.3, -0.25) is 4.79 Å². The van der Waals surface area contributed by atoms with E-state index in [-0.39, 0.29) is 18.4 Å². The summed E-state index contributed by atoms with van der Waals surface area (Å²) in [6.45, 7) is 3.77. The van der Waals surface area contributed by atoms with Crippen LogP contribution in [0.2, 0.25) is 0 Å². The van der Waals surface area contributed by atoms with Gasteiger partial charge in [0, 0.05) is 17.2 Å². The number of hydrogen-bond donors (Lipinski definition) is 1. The first-order chi connectivity index (χ1) is 12.9. The molecule has 0 unspecified atom stereocenters. The van der Waals surface area contributed by atoms with Gasteiger partial charge in [0.05, 0.1) is 4.47 Å². The molecular weight excluding hydrogens is 417 g/mol. The van der Waals surface area contributed by atoms with Gasteiger partial charge in [-0.15, -0.1) is 0 Å². The molecule has 0 aliphatic heterocycles. The molecule has 0 aliphatic rings. The Kier molecular flexibility index (Phi) is 5.85. The topological polar surface area (TPSA) is 77.2 Å². The van der Waals surface area contributed by atoms with E-state index in [1.165, 1.54) is 12.1 Å². The molecule has 1 amide bonds. The molecule has 0 fully saturated rings. The predicted octanol–water partition coefficient (Wildman–Crippen LogP) is 4.78. The van der Waals surface area contributed by atoms with Crippen molar-refractivity contribution in [2.24, 2.45) is 0 Å². The largest absolute Gasteiger partial charge is 0.484 e. The molecule has 0 bridgehead atoms. The highest BCUT2D eigenvalue weighted by Gasteiger charge is 2.12. The third kappa shape index (κ3) is 4.91. The average Bonchev–Trinajstić information content (AvgIpc) is 3.14. The Bertz CT molecular complexity index is 942. The van der Waals surface area contributed by atoms with Crippen LogP contribution in [0.5, 0.6) is 5.75 Å². The number of halogens is 2. The van der Waals surface area contributed by atoms with E-state index < -0.39 is 5.82 Å². The summed E-state index contributed by atoms with van der Waals surface area (Å²) in [6.07, 6.45) is 0. The number of amides is 1. The number of nitrogens with one attached hydrogen (secondary N) is 1. The van der Waals surface area contributed by atoms with Crippen LogP contribution in [0, 0.1) is 5.82 Å². The first-order valence-corrected chi connectivity index (χ1v) is 9.03. The number of carbonyl (C=O) groups excluding carboxylic acids is 1. The lowest BCUT2D eigenvalue weighted by Gasteiger charge is -2.08. The summed E-state index contributed by atoms with van der Waals surface area (Å²) in [7, 11) is 0. The average molecular weight is 434 g/mol. The molecule has 140 valence electrons. The van der Waals surface area contributed by atoms with Crippen LogP contribution < -0.4 is 10.1 Å². The lowest BCUT2D eigenvalue weighted by Crippen LogP contribution is -2.20. The number of nitrogens with zero attached hydrogens (tertiary/aromatic N) is 2. The Morgan fingerprint density at radius 2 is 2.00 bits per heavy atom. The van der Waals surface area contributed by atoms with Crippen LogP contribution in [0.15, 0.2) is 51.5 Å². The smallest absolute Gasteiger partial charge is 0.262 e. The summed E-state index contributed by atoms with van der Waals surface area (Å²) in [5, 5.41) is 6.50. The molecule has 0 aliphatic carbocycles. The fourth-order valence-electron chi connectivity index (χ4n) is 2.20. The van der Waals surface area contributed by atoms with Crippen molar-refractivity contribution in [2.75, 3.05) is 11.9 Å². The Hall–Kier alpha value is -2.74. The van der Waals surface area contributed by atoms with Crippen LogP contribution in [0.25, 0.3) is 11.5 Å². The lowest BCUT2D eigenvalue weighted by atomic mass is 10.2. The van der Waals surface area contributed by atoms with Gasteiger partial charge in [0.15, 0.2) is 12.4 Å². The minimum atomic E-state index is -0.453. The van der Waals surface area contributed by atoms with Crippen molar-refractivity contribution >= 4 is 27.5 Å². The van der Waals surface area contributed by atoms with Crippen LogP contribution in [0.3, 0.4) is 0 Å². The summed E-state index contributed by atoms with van der Waals surface area (Å²) in [4.78, 5) is 16.3. The van der Waals surface area contributed by atoms with E-state index in [9.17, 15) is 9.18 Å². The van der Waals surface area contributed by atoms with Crippen LogP contribution in [-0.4, -0.2) is 22.7 Å². The number of rotatable bonds is 6. The van der Waals surface area contributed by atoms with Gasteiger partial charge in [0.25, 0.3) is 11.8 Å². The molecule has 1 aromatic heterocycles. The molecule has 1 heterocycles. The van der Waals surface area contributed by atoms with Gasteiger partial charge in [-0.2, -0.15) is 4.98 Å². The highest BCUT2D eigenvalue weighted by molar-refractivity contribution is 9.10. The number of benzene rings is 2. The first-order valence-electron chi connectivity index (χ1n) is 8.24. The SMILES string of the molecule is CC(C)c1noc(-c2ccc(OCC(=O)Nc3ccc(Br)c(F)c3)cc2)n1. The van der Waals surface area contributed by atoms with E-state index in [0.29, 0.717) is 27.6 Å². The molecule has 0 atom stereocenters. The second kappa shape index (κ2) is 8.30. The number of carbonyl (C=O) groups is 1. The lowest BCUT2D eigenvalue weighted by molar-refractivity contribution is -0.118. The zero-order valence-electron chi connectivity index (χ0n) is 14.7. The van der Waals surface area contributed by atoms with Crippen molar-refractivity contribution in [1.82, 2.24) is 10.1 Å². The van der Waals surface area contributed by atoms with Crippen molar-refractivity contribution in [3.8, 4) is 17.2 Å². The van der Waals surface area contributed by atoms with Gasteiger partial charge >= 0.3 is 0 Å². The van der Waals surface area contributed by atoms with Crippen molar-refractivity contribution in [3.63, 3.8) is 0 Å². The number of anilines is 1. The first kappa shape index (κ1) is 19.0. The van der Waals surface area contributed by atoms with Crippen LogP contribution in [-0.2, 0) is 4.79 Å². The monoisotopic (exact) mass is 433 g/mol. The molecule has 2 aromatic carbocycles. The molecule has 3 rings (SSSR count). The van der Waals surface area contributed by atoms with Gasteiger partial charge in [-0.25, -0.2) is 4.39 Å². The highest BCUT2D eigenvalue weighted by atomic mass is 79.9. The number of aromatic nitrogens is 2. The zero-order chi connectivity index (χ0) is 19.4. The maximum Gasteiger partial charge on any atom is 0.262 e. The fraction of sp³-hybridized carbons (Fsp3) is 0.211. The van der Waals surface area contributed by atoms with Gasteiger partial charge in [-0.1, -0.05) is 19.0 Å². The second-order valence-corrected chi connectivity index (χ2v) is 6.96. The van der Waals surface area contributed by atoms with E-state index in [2.05, 4.69) is 31.4 Å². The second-order valence-electron chi connectivity index (χ2n) is 6.10. The fourth-order valence-corrected chi connectivity index (χ4v) is 2.45. The van der Waals surface area contributed by atoms with E-state index in [1.807, 2.05) is 13.8 Å². The third-order valence-corrected chi connectivity index (χ3v) is 4.28. The van der Waals surface area contributed by atoms with Gasteiger partial charge < -0.3 is 14.6 Å². The molecule has 6 nitrogen and oxygen atoms in total. The Labute approximate surface area is 163 Å². The van der Waals surface area contributed by atoms with E-state index in [0.717, 1.165) is 5.56 Å². The minimum Gasteiger partial charge on any atom is -0.484 e. The van der Waals surface area contributed by atoms with Crippen molar-refractivity contribution in [2.45, 2.75) is 19.8 Å². The number of hydrogen-bond acceptors (Lipinski definition) is 5. The molecule has 1 N–H and O–H groups in total. The minimum absolute atomic E-state index is 0.183. The molecule has 8 heteroatoms. The normalized spacial score (nSPS) is 10.9. The Morgan fingerprint density at radius 1 is 1.26 bits per heavy atom. The predicted molar refractivity (Wildman–Crippen MR) is 102 cm³/mol. The van der Waals surface area contributed by atoms with Crippen LogP contribution >= 0.6 is 15.9 Å². The van der Waals surface area contributed by atoms with Crippen molar-refractivity contribution in [1.29, 1.82) is 0 Å². The summed E-state index contributed by atoms with van der Waals surface area (Å²) < 4.78 is 24.5. The summed E-state index contributed by atoms with van der Waals surface area (Å²) in [5.74, 6) is 0.930. The summed E-state index contributed by atoms with van der Waals surface area (Å²) in [6, 6.07) is 11.3. The van der Waals surface area contributed by atoms with Crippen molar-refractivity contribution < 1.29 is 18.4 Å². The maximum absolute atomic E-state index is 13.5.